The fourth-order valence-corrected chi connectivity index (χ4v) is 3.77. The van der Waals surface area contributed by atoms with Crippen LogP contribution < -0.4 is 5.32 Å². The number of nitrogens with zero attached hydrogens (tertiary/aromatic N) is 1. The van der Waals surface area contributed by atoms with E-state index in [0.717, 1.165) is 12.1 Å². The van der Waals surface area contributed by atoms with Gasteiger partial charge in [0, 0.05) is 35.3 Å². The molecule has 11 heteroatoms. The van der Waals surface area contributed by atoms with Crippen LogP contribution >= 0.6 is 23.2 Å². The number of carbonyl (C=O) groups excluding carboxylic acids is 5. The molecule has 0 unspecified atom stereocenters. The van der Waals surface area contributed by atoms with E-state index < -0.39 is 30.1 Å². The van der Waals surface area contributed by atoms with E-state index in [1.165, 1.54) is 37.2 Å². The van der Waals surface area contributed by atoms with Crippen LogP contribution in [0.15, 0.2) is 48.5 Å². The molecule has 9 nitrogen and oxygen atoms in total. The molecule has 0 aliphatic heterocycles. The van der Waals surface area contributed by atoms with Crippen LogP contribution in [0.2, 0.25) is 10.0 Å². The maximum absolute atomic E-state index is 13.1. The Bertz CT molecular complexity index is 1420. The molecule has 0 aliphatic carbocycles. The second kappa shape index (κ2) is 11.7. The van der Waals surface area contributed by atoms with Gasteiger partial charge in [-0.15, -0.1) is 0 Å². The van der Waals surface area contributed by atoms with Gasteiger partial charge in [0.05, 0.1) is 22.4 Å². The average Bonchev–Trinajstić information content (AvgIpc) is 2.86. The van der Waals surface area contributed by atoms with Gasteiger partial charge in [-0.05, 0) is 42.0 Å². The van der Waals surface area contributed by atoms with Gasteiger partial charge < -0.3 is 20.1 Å². The summed E-state index contributed by atoms with van der Waals surface area (Å²) in [5.74, 6) is -2.71. The molecule has 0 atom stereocenters. The molecule has 190 valence electrons. The summed E-state index contributed by atoms with van der Waals surface area (Å²) in [6, 6.07) is 11.2. The summed E-state index contributed by atoms with van der Waals surface area (Å²) in [4.78, 5) is 61.6. The number of rotatable bonds is 8. The third kappa shape index (κ3) is 6.32. The fraction of sp³-hybridized carbons (Fsp3) is 0.115. The lowest BCUT2D eigenvalue weighted by Crippen LogP contribution is -2.28. The first-order valence-electron chi connectivity index (χ1n) is 10.6. The van der Waals surface area contributed by atoms with Gasteiger partial charge in [0.2, 0.25) is 0 Å². The van der Waals surface area contributed by atoms with E-state index in [1.807, 2.05) is 0 Å². The van der Waals surface area contributed by atoms with Crippen LogP contribution in [-0.4, -0.2) is 61.1 Å². The van der Waals surface area contributed by atoms with E-state index in [1.54, 1.807) is 18.2 Å². The number of ether oxygens (including phenoxy) is 1. The van der Waals surface area contributed by atoms with Crippen molar-refractivity contribution < 1.29 is 33.8 Å². The lowest BCUT2D eigenvalue weighted by atomic mass is 10.0. The number of hydrogen-bond donors (Lipinski definition) is 2. The molecule has 2 amide bonds. The molecular weight excluding hydrogens is 523 g/mol. The second-order valence-electron chi connectivity index (χ2n) is 7.94. The molecule has 3 aromatic rings. The minimum absolute atomic E-state index is 0.0216. The second-order valence-corrected chi connectivity index (χ2v) is 8.78. The molecule has 0 saturated carbocycles. The van der Waals surface area contributed by atoms with Gasteiger partial charge in [0.1, 0.15) is 5.75 Å². The highest BCUT2D eigenvalue weighted by molar-refractivity contribution is 6.36. The monoisotopic (exact) mass is 542 g/mol. The molecule has 0 spiro atoms. The highest BCUT2D eigenvalue weighted by atomic mass is 35.5. The van der Waals surface area contributed by atoms with Crippen LogP contribution in [0.1, 0.15) is 41.4 Å². The van der Waals surface area contributed by atoms with Gasteiger partial charge in [0.15, 0.2) is 19.2 Å². The van der Waals surface area contributed by atoms with Crippen LogP contribution in [0.4, 0.5) is 5.69 Å². The zero-order chi connectivity index (χ0) is 27.3. The molecule has 0 aliphatic rings. The Morgan fingerprint density at radius 1 is 0.946 bits per heavy atom. The average molecular weight is 543 g/mol. The van der Waals surface area contributed by atoms with E-state index in [4.69, 9.17) is 27.9 Å². The first kappa shape index (κ1) is 27.4. The molecule has 3 aromatic carbocycles. The van der Waals surface area contributed by atoms with Crippen molar-refractivity contribution in [3.05, 3.63) is 80.8 Å². The summed E-state index contributed by atoms with van der Waals surface area (Å²) in [6.07, 6.45) is 0.694. The smallest absolute Gasteiger partial charge is 0.340 e. The maximum atomic E-state index is 13.1. The minimum Gasteiger partial charge on any atom is -0.507 e. The number of halogens is 2. The van der Waals surface area contributed by atoms with Crippen molar-refractivity contribution in [3.63, 3.8) is 0 Å². The van der Waals surface area contributed by atoms with E-state index in [-0.39, 0.29) is 27.9 Å². The predicted octanol–water partition coefficient (Wildman–Crippen LogP) is 4.49. The lowest BCUT2D eigenvalue weighted by molar-refractivity contribution is -0.131. The van der Waals surface area contributed by atoms with Gasteiger partial charge in [0.25, 0.3) is 11.8 Å². The number of nitrogens with one attached hydrogen (secondary N) is 1. The Hall–Kier alpha value is -4.21. The zero-order valence-corrected chi connectivity index (χ0v) is 21.1. The van der Waals surface area contributed by atoms with E-state index in [2.05, 4.69) is 5.32 Å². The van der Waals surface area contributed by atoms with E-state index in [9.17, 15) is 29.1 Å². The topological polar surface area (TPSA) is 130 Å². The molecule has 0 radical (unpaired) electrons. The number of phenols is 1. The molecule has 0 fully saturated rings. The summed E-state index contributed by atoms with van der Waals surface area (Å²) >= 11 is 12.3. The molecule has 0 heterocycles. The van der Waals surface area contributed by atoms with E-state index >= 15 is 0 Å². The number of aldehydes is 2. The highest BCUT2D eigenvalue weighted by Gasteiger charge is 2.21. The molecule has 0 saturated heterocycles. The standard InChI is InChI=1S/C26H20Cl2N2O7/c1-30(2)24(34)13-37-26(36)19-5-3-14(18-6-4-17(27)9-21(18)28)8-22(19)29-25(35)20-10-23(33)16(12-32)7-15(20)11-31/h3-12,33H,13H2,1-2H3,(H,29,35). The number of amides is 2. The van der Waals surface area contributed by atoms with Crippen molar-refractivity contribution in [1.82, 2.24) is 4.90 Å². The largest absolute Gasteiger partial charge is 0.507 e. The Labute approximate surface area is 221 Å². The minimum atomic E-state index is -0.894. The SMILES string of the molecule is CN(C)C(=O)COC(=O)c1ccc(-c2ccc(Cl)cc2Cl)cc1NC(=O)c1cc(O)c(C=O)cc1C=O. The summed E-state index contributed by atoms with van der Waals surface area (Å²) in [6.45, 7) is -0.527. The Kier molecular flexibility index (Phi) is 8.65. The number of esters is 1. The highest BCUT2D eigenvalue weighted by Crippen LogP contribution is 2.33. The van der Waals surface area contributed by atoms with Crippen LogP contribution in [0.5, 0.6) is 5.75 Å². The van der Waals surface area contributed by atoms with Crippen molar-refractivity contribution in [2.45, 2.75) is 0 Å². The number of carbonyl (C=O) groups is 5. The van der Waals surface area contributed by atoms with Crippen molar-refractivity contribution in [2.24, 2.45) is 0 Å². The third-order valence-electron chi connectivity index (χ3n) is 5.25. The van der Waals surface area contributed by atoms with Gasteiger partial charge in [-0.2, -0.15) is 0 Å². The third-order valence-corrected chi connectivity index (χ3v) is 5.80. The maximum Gasteiger partial charge on any atom is 0.340 e. The first-order chi connectivity index (χ1) is 17.5. The van der Waals surface area contributed by atoms with Crippen molar-refractivity contribution in [1.29, 1.82) is 0 Å². The summed E-state index contributed by atoms with van der Waals surface area (Å²) < 4.78 is 5.10. The van der Waals surface area contributed by atoms with Crippen molar-refractivity contribution >= 4 is 59.2 Å². The quantitative estimate of drug-likeness (QED) is 0.316. The van der Waals surface area contributed by atoms with Crippen LogP contribution in [-0.2, 0) is 9.53 Å². The molecule has 0 bridgehead atoms. The number of hydrogen-bond acceptors (Lipinski definition) is 7. The fourth-order valence-electron chi connectivity index (χ4n) is 3.25. The van der Waals surface area contributed by atoms with Gasteiger partial charge in [-0.1, -0.05) is 35.3 Å². The molecule has 2 N–H and O–H groups in total. The number of phenolic OH excluding ortho intramolecular Hbond substituents is 1. The zero-order valence-electron chi connectivity index (χ0n) is 19.6. The molecule has 3 rings (SSSR count). The Balaban J connectivity index is 2.05. The number of benzene rings is 3. The first-order valence-corrected chi connectivity index (χ1v) is 11.4. The molecular formula is C26H20Cl2N2O7. The summed E-state index contributed by atoms with van der Waals surface area (Å²) in [7, 11) is 3.00. The number of likely N-dealkylation sites (N-methyl/N-ethyl adjacent to an activating group) is 1. The van der Waals surface area contributed by atoms with Crippen molar-refractivity contribution in [3.8, 4) is 16.9 Å². The normalized spacial score (nSPS) is 10.4. The number of anilines is 1. The van der Waals surface area contributed by atoms with Crippen molar-refractivity contribution in [2.75, 3.05) is 26.0 Å². The van der Waals surface area contributed by atoms with E-state index in [0.29, 0.717) is 33.7 Å². The molecule has 0 aromatic heterocycles. The van der Waals surface area contributed by atoms with Crippen LogP contribution in [0, 0.1) is 0 Å². The van der Waals surface area contributed by atoms with Crippen LogP contribution in [0.25, 0.3) is 11.1 Å². The summed E-state index contributed by atoms with van der Waals surface area (Å²) in [5.41, 5.74) is 0.373. The van der Waals surface area contributed by atoms with Crippen LogP contribution in [0.3, 0.4) is 0 Å². The predicted molar refractivity (Wildman–Crippen MR) is 138 cm³/mol. The number of aromatic hydroxyl groups is 1. The Morgan fingerprint density at radius 2 is 1.65 bits per heavy atom. The Morgan fingerprint density at radius 3 is 2.27 bits per heavy atom. The van der Waals surface area contributed by atoms with Gasteiger partial charge in [-0.25, -0.2) is 4.79 Å². The molecule has 37 heavy (non-hydrogen) atoms. The summed E-state index contributed by atoms with van der Waals surface area (Å²) in [5, 5.41) is 13.3. The lowest BCUT2D eigenvalue weighted by Gasteiger charge is -2.15. The van der Waals surface area contributed by atoms with Gasteiger partial charge in [-0.3, -0.25) is 19.2 Å². The van der Waals surface area contributed by atoms with Gasteiger partial charge >= 0.3 is 5.97 Å².